The Bertz CT molecular complexity index is 313. The zero-order valence-corrected chi connectivity index (χ0v) is 12.2. The van der Waals surface area contributed by atoms with Crippen LogP contribution in [-0.2, 0) is 6.42 Å². The van der Waals surface area contributed by atoms with E-state index < -0.39 is 0 Å². The maximum atomic E-state index is 4.04. The van der Waals surface area contributed by atoms with E-state index in [1.165, 1.54) is 12.0 Å². The van der Waals surface area contributed by atoms with E-state index >= 15 is 0 Å². The molecule has 1 N–H and O–H groups in total. The van der Waals surface area contributed by atoms with Crippen molar-refractivity contribution in [1.29, 1.82) is 0 Å². The van der Waals surface area contributed by atoms with Gasteiger partial charge < -0.3 is 10.2 Å². The third-order valence-electron chi connectivity index (χ3n) is 3.63. The number of hydrogen-bond donors (Lipinski definition) is 1. The van der Waals surface area contributed by atoms with E-state index in [9.17, 15) is 0 Å². The van der Waals surface area contributed by atoms with Crippen molar-refractivity contribution in [2.45, 2.75) is 45.7 Å². The Labute approximate surface area is 112 Å². The lowest BCUT2D eigenvalue weighted by Gasteiger charge is -2.26. The highest BCUT2D eigenvalue weighted by atomic mass is 15.1. The van der Waals surface area contributed by atoms with Crippen molar-refractivity contribution in [2.75, 3.05) is 20.1 Å². The average molecular weight is 249 g/mol. The van der Waals surface area contributed by atoms with Crippen LogP contribution < -0.4 is 5.32 Å². The van der Waals surface area contributed by atoms with Crippen molar-refractivity contribution < 1.29 is 0 Å². The highest BCUT2D eigenvalue weighted by Gasteiger charge is 2.09. The summed E-state index contributed by atoms with van der Waals surface area (Å²) in [5.41, 5.74) is 1.36. The number of hydrogen-bond acceptors (Lipinski definition) is 3. The first-order chi connectivity index (χ1) is 8.63. The van der Waals surface area contributed by atoms with Crippen LogP contribution in [0.3, 0.4) is 0 Å². The molecular weight excluding hydrogens is 222 g/mol. The minimum Gasteiger partial charge on any atom is -0.313 e. The van der Waals surface area contributed by atoms with Gasteiger partial charge in [-0.1, -0.05) is 6.92 Å². The molecule has 2 atom stereocenters. The van der Waals surface area contributed by atoms with Gasteiger partial charge in [-0.3, -0.25) is 4.98 Å². The van der Waals surface area contributed by atoms with E-state index in [0.29, 0.717) is 12.1 Å². The summed E-state index contributed by atoms with van der Waals surface area (Å²) in [5.74, 6) is 0. The Morgan fingerprint density at radius 2 is 1.94 bits per heavy atom. The first-order valence-electron chi connectivity index (χ1n) is 6.96. The van der Waals surface area contributed by atoms with Gasteiger partial charge in [0.1, 0.15) is 0 Å². The smallest absolute Gasteiger partial charge is 0.0270 e. The minimum absolute atomic E-state index is 0.570. The van der Waals surface area contributed by atoms with Gasteiger partial charge in [-0.15, -0.1) is 0 Å². The Morgan fingerprint density at radius 1 is 1.28 bits per heavy atom. The summed E-state index contributed by atoms with van der Waals surface area (Å²) < 4.78 is 0. The Morgan fingerprint density at radius 3 is 2.56 bits per heavy atom. The molecule has 0 amide bonds. The van der Waals surface area contributed by atoms with Crippen LogP contribution in [-0.4, -0.2) is 42.1 Å². The normalized spacial score (nSPS) is 14.7. The number of nitrogens with one attached hydrogen (secondary N) is 1. The molecule has 18 heavy (non-hydrogen) atoms. The van der Waals surface area contributed by atoms with Crippen LogP contribution >= 0.6 is 0 Å². The van der Waals surface area contributed by atoms with Crippen LogP contribution in [0, 0.1) is 0 Å². The van der Waals surface area contributed by atoms with Crippen LogP contribution in [0.4, 0.5) is 0 Å². The molecule has 0 aromatic carbocycles. The summed E-state index contributed by atoms with van der Waals surface area (Å²) in [6.45, 7) is 8.89. The Hall–Kier alpha value is -0.930. The molecule has 3 nitrogen and oxygen atoms in total. The fourth-order valence-electron chi connectivity index (χ4n) is 1.75. The maximum absolute atomic E-state index is 4.04. The molecule has 1 aromatic heterocycles. The van der Waals surface area contributed by atoms with E-state index in [-0.39, 0.29) is 0 Å². The molecule has 1 rings (SSSR count). The lowest BCUT2D eigenvalue weighted by molar-refractivity contribution is 0.248. The van der Waals surface area contributed by atoms with Gasteiger partial charge in [0.05, 0.1) is 0 Å². The number of rotatable bonds is 8. The third-order valence-corrected chi connectivity index (χ3v) is 3.63. The van der Waals surface area contributed by atoms with E-state index in [1.807, 2.05) is 12.4 Å². The molecule has 0 fully saturated rings. The second kappa shape index (κ2) is 8.22. The number of aromatic nitrogens is 1. The molecule has 0 radical (unpaired) electrons. The van der Waals surface area contributed by atoms with Gasteiger partial charge in [-0.25, -0.2) is 0 Å². The van der Waals surface area contributed by atoms with Gasteiger partial charge in [0.2, 0.25) is 0 Å². The minimum atomic E-state index is 0.570. The molecule has 3 heteroatoms. The SMILES string of the molecule is CCC(C)NCC(C)N(C)CCc1ccncc1. The topological polar surface area (TPSA) is 28.2 Å². The van der Waals surface area contributed by atoms with Crippen molar-refractivity contribution in [1.82, 2.24) is 15.2 Å². The van der Waals surface area contributed by atoms with Gasteiger partial charge in [0.15, 0.2) is 0 Å². The Balaban J connectivity index is 2.25. The quantitative estimate of drug-likeness (QED) is 0.766. The highest BCUT2D eigenvalue weighted by molar-refractivity contribution is 5.09. The van der Waals surface area contributed by atoms with Gasteiger partial charge >= 0.3 is 0 Å². The predicted octanol–water partition coefficient (Wildman–Crippen LogP) is 2.33. The second-order valence-electron chi connectivity index (χ2n) is 5.15. The van der Waals surface area contributed by atoms with E-state index in [1.54, 1.807) is 0 Å². The lowest BCUT2D eigenvalue weighted by atomic mass is 10.1. The van der Waals surface area contributed by atoms with Crippen LogP contribution in [0.5, 0.6) is 0 Å². The summed E-state index contributed by atoms with van der Waals surface area (Å²) in [6, 6.07) is 5.37. The first-order valence-corrected chi connectivity index (χ1v) is 6.96. The molecule has 0 spiro atoms. The number of pyridine rings is 1. The maximum Gasteiger partial charge on any atom is 0.0270 e. The fraction of sp³-hybridized carbons (Fsp3) is 0.667. The molecule has 0 bridgehead atoms. The van der Waals surface area contributed by atoms with E-state index in [4.69, 9.17) is 0 Å². The van der Waals surface area contributed by atoms with Gasteiger partial charge in [0.25, 0.3) is 0 Å². The van der Waals surface area contributed by atoms with Crippen LogP contribution in [0.1, 0.15) is 32.8 Å². The summed E-state index contributed by atoms with van der Waals surface area (Å²) in [7, 11) is 2.20. The predicted molar refractivity (Wildman–Crippen MR) is 77.8 cm³/mol. The largest absolute Gasteiger partial charge is 0.313 e. The van der Waals surface area contributed by atoms with Crippen molar-refractivity contribution in [3.63, 3.8) is 0 Å². The monoisotopic (exact) mass is 249 g/mol. The molecule has 102 valence electrons. The van der Waals surface area contributed by atoms with Crippen molar-refractivity contribution >= 4 is 0 Å². The first kappa shape index (κ1) is 15.1. The summed E-state index contributed by atoms with van der Waals surface area (Å²) in [4.78, 5) is 6.45. The molecule has 0 aliphatic carbocycles. The van der Waals surface area contributed by atoms with Crippen molar-refractivity contribution in [2.24, 2.45) is 0 Å². The van der Waals surface area contributed by atoms with E-state index in [2.05, 4.69) is 55.2 Å². The van der Waals surface area contributed by atoms with Gasteiger partial charge in [-0.05, 0) is 51.4 Å². The zero-order valence-electron chi connectivity index (χ0n) is 12.2. The summed E-state index contributed by atoms with van der Waals surface area (Å²) >= 11 is 0. The average Bonchev–Trinajstić information content (AvgIpc) is 2.42. The highest BCUT2D eigenvalue weighted by Crippen LogP contribution is 2.02. The molecule has 1 aromatic rings. The zero-order chi connectivity index (χ0) is 13.4. The van der Waals surface area contributed by atoms with Crippen LogP contribution in [0.15, 0.2) is 24.5 Å². The van der Waals surface area contributed by atoms with Crippen LogP contribution in [0.25, 0.3) is 0 Å². The van der Waals surface area contributed by atoms with Crippen molar-refractivity contribution in [3.8, 4) is 0 Å². The van der Waals surface area contributed by atoms with E-state index in [0.717, 1.165) is 19.5 Å². The molecule has 0 saturated carbocycles. The molecule has 1 heterocycles. The third kappa shape index (κ3) is 5.61. The second-order valence-corrected chi connectivity index (χ2v) is 5.15. The molecule has 0 aliphatic heterocycles. The number of likely N-dealkylation sites (N-methyl/N-ethyl adjacent to an activating group) is 1. The molecule has 2 unspecified atom stereocenters. The molecule has 0 aliphatic rings. The fourth-order valence-corrected chi connectivity index (χ4v) is 1.75. The van der Waals surface area contributed by atoms with Crippen molar-refractivity contribution in [3.05, 3.63) is 30.1 Å². The molecular formula is C15H27N3. The summed E-state index contributed by atoms with van der Waals surface area (Å²) in [6.07, 6.45) is 6.01. The standard InChI is InChI=1S/C15H27N3/c1-5-13(2)17-12-14(3)18(4)11-8-15-6-9-16-10-7-15/h6-7,9-10,13-14,17H,5,8,11-12H2,1-4H3. The Kier molecular flexibility index (Phi) is 6.91. The molecule has 0 saturated heterocycles. The van der Waals surface area contributed by atoms with Gasteiger partial charge in [0, 0.05) is 37.6 Å². The van der Waals surface area contributed by atoms with Crippen LogP contribution in [0.2, 0.25) is 0 Å². The number of nitrogens with zero attached hydrogens (tertiary/aromatic N) is 2. The summed E-state index contributed by atoms with van der Waals surface area (Å²) in [5, 5.41) is 3.56. The lowest BCUT2D eigenvalue weighted by Crippen LogP contribution is -2.41. The van der Waals surface area contributed by atoms with Gasteiger partial charge in [-0.2, -0.15) is 0 Å².